The highest BCUT2D eigenvalue weighted by Gasteiger charge is 2.19. The Morgan fingerprint density at radius 3 is 2.67 bits per heavy atom. The van der Waals surface area contributed by atoms with Gasteiger partial charge < -0.3 is 5.32 Å². The molecular formula is C15H21ClN2. The monoisotopic (exact) mass is 264 g/mol. The van der Waals surface area contributed by atoms with E-state index in [1.54, 1.807) is 0 Å². The van der Waals surface area contributed by atoms with Crippen LogP contribution in [-0.4, -0.2) is 6.54 Å². The molecule has 0 spiro atoms. The Bertz CT molecular complexity index is 421. The van der Waals surface area contributed by atoms with Crippen LogP contribution in [0.1, 0.15) is 45.2 Å². The van der Waals surface area contributed by atoms with E-state index in [0.29, 0.717) is 6.42 Å². The van der Waals surface area contributed by atoms with Gasteiger partial charge in [0.05, 0.1) is 6.07 Å². The van der Waals surface area contributed by atoms with Gasteiger partial charge in [-0.2, -0.15) is 5.26 Å². The minimum absolute atomic E-state index is 0.130. The normalized spacial score (nSPS) is 13.1. The van der Waals surface area contributed by atoms with Crippen molar-refractivity contribution in [1.29, 1.82) is 5.26 Å². The Hall–Kier alpha value is -1.04. The lowest BCUT2D eigenvalue weighted by molar-refractivity contribution is 0.305. The van der Waals surface area contributed by atoms with E-state index in [1.807, 2.05) is 24.3 Å². The smallest absolute Gasteiger partial charge is 0.0621 e. The summed E-state index contributed by atoms with van der Waals surface area (Å²) in [6.45, 7) is 7.34. The standard InChI is InChI=1S/C15H21ClN2/c1-12(13-7-4-5-8-14(13)16)18-11-15(2,3)9-6-10-17/h4-5,7-8,12,18H,6,9,11H2,1-3H3/t12-/m0/s1. The average molecular weight is 265 g/mol. The molecule has 0 aromatic heterocycles. The van der Waals surface area contributed by atoms with Gasteiger partial charge in [0.1, 0.15) is 0 Å². The quantitative estimate of drug-likeness (QED) is 0.831. The molecule has 1 aromatic rings. The molecule has 1 atom stereocenters. The molecule has 0 aliphatic carbocycles. The summed E-state index contributed by atoms with van der Waals surface area (Å²) < 4.78 is 0. The maximum Gasteiger partial charge on any atom is 0.0621 e. The lowest BCUT2D eigenvalue weighted by atomic mass is 9.87. The summed E-state index contributed by atoms with van der Waals surface area (Å²) in [6, 6.07) is 10.3. The Balaban J connectivity index is 2.54. The number of halogens is 1. The first-order valence-corrected chi connectivity index (χ1v) is 6.69. The van der Waals surface area contributed by atoms with Gasteiger partial charge in [0.2, 0.25) is 0 Å². The van der Waals surface area contributed by atoms with E-state index in [2.05, 4.69) is 32.2 Å². The summed E-state index contributed by atoms with van der Waals surface area (Å²) in [7, 11) is 0. The van der Waals surface area contributed by atoms with Crippen LogP contribution in [0.5, 0.6) is 0 Å². The van der Waals surface area contributed by atoms with Gasteiger partial charge in [-0.3, -0.25) is 0 Å². The zero-order valence-electron chi connectivity index (χ0n) is 11.3. The van der Waals surface area contributed by atoms with E-state index in [0.717, 1.165) is 23.6 Å². The molecule has 0 amide bonds. The fourth-order valence-electron chi connectivity index (χ4n) is 1.85. The van der Waals surface area contributed by atoms with Crippen LogP contribution in [0.25, 0.3) is 0 Å². The van der Waals surface area contributed by atoms with Gasteiger partial charge in [0.25, 0.3) is 0 Å². The molecular weight excluding hydrogens is 244 g/mol. The number of hydrogen-bond donors (Lipinski definition) is 1. The first-order chi connectivity index (χ1) is 8.46. The summed E-state index contributed by atoms with van der Waals surface area (Å²) in [5.41, 5.74) is 1.25. The molecule has 2 nitrogen and oxygen atoms in total. The van der Waals surface area contributed by atoms with Crippen molar-refractivity contribution < 1.29 is 0 Å². The fourth-order valence-corrected chi connectivity index (χ4v) is 2.15. The Labute approximate surface area is 115 Å². The van der Waals surface area contributed by atoms with Crippen molar-refractivity contribution in [2.24, 2.45) is 5.41 Å². The number of benzene rings is 1. The number of nitrogens with zero attached hydrogens (tertiary/aromatic N) is 1. The van der Waals surface area contributed by atoms with Crippen LogP contribution in [0.15, 0.2) is 24.3 Å². The molecule has 0 saturated carbocycles. The van der Waals surface area contributed by atoms with E-state index in [-0.39, 0.29) is 11.5 Å². The highest BCUT2D eigenvalue weighted by atomic mass is 35.5. The second kappa shape index (κ2) is 6.78. The SMILES string of the molecule is C[C@H](NCC(C)(C)CCC#N)c1ccccc1Cl. The molecule has 1 rings (SSSR count). The van der Waals surface area contributed by atoms with Gasteiger partial charge >= 0.3 is 0 Å². The maximum absolute atomic E-state index is 8.63. The van der Waals surface area contributed by atoms with Crippen molar-refractivity contribution in [1.82, 2.24) is 5.32 Å². The third-order valence-corrected chi connectivity index (χ3v) is 3.52. The largest absolute Gasteiger partial charge is 0.310 e. The van der Waals surface area contributed by atoms with Crippen molar-refractivity contribution in [3.8, 4) is 6.07 Å². The molecule has 1 aromatic carbocycles. The molecule has 0 saturated heterocycles. The Morgan fingerprint density at radius 2 is 2.06 bits per heavy atom. The van der Waals surface area contributed by atoms with E-state index in [1.165, 1.54) is 0 Å². The molecule has 0 aliphatic heterocycles. The molecule has 1 N–H and O–H groups in total. The maximum atomic E-state index is 8.63. The average Bonchev–Trinajstić information content (AvgIpc) is 2.34. The molecule has 0 fully saturated rings. The zero-order chi connectivity index (χ0) is 13.6. The number of nitrogens with one attached hydrogen (secondary N) is 1. The molecule has 0 bridgehead atoms. The minimum Gasteiger partial charge on any atom is -0.310 e. The van der Waals surface area contributed by atoms with Gasteiger partial charge in [-0.1, -0.05) is 43.6 Å². The molecule has 18 heavy (non-hydrogen) atoms. The molecule has 0 heterocycles. The molecule has 0 radical (unpaired) electrons. The predicted molar refractivity (Wildman–Crippen MR) is 76.5 cm³/mol. The van der Waals surface area contributed by atoms with Gasteiger partial charge in [-0.05, 0) is 30.4 Å². The van der Waals surface area contributed by atoms with Crippen molar-refractivity contribution in [3.05, 3.63) is 34.9 Å². The molecule has 0 aliphatic rings. The number of nitriles is 1. The predicted octanol–water partition coefficient (Wildman–Crippen LogP) is 4.32. The van der Waals surface area contributed by atoms with E-state index in [9.17, 15) is 0 Å². The summed E-state index contributed by atoms with van der Waals surface area (Å²) >= 11 is 6.17. The first-order valence-electron chi connectivity index (χ1n) is 6.31. The molecule has 98 valence electrons. The van der Waals surface area contributed by atoms with Crippen molar-refractivity contribution >= 4 is 11.6 Å². The van der Waals surface area contributed by atoms with Crippen LogP contribution in [0.2, 0.25) is 5.02 Å². The van der Waals surface area contributed by atoms with Crippen LogP contribution < -0.4 is 5.32 Å². The fraction of sp³-hybridized carbons (Fsp3) is 0.533. The van der Waals surface area contributed by atoms with Gasteiger partial charge in [-0.25, -0.2) is 0 Å². The van der Waals surface area contributed by atoms with Crippen LogP contribution in [0.3, 0.4) is 0 Å². The van der Waals surface area contributed by atoms with Gasteiger partial charge in [0, 0.05) is 24.0 Å². The van der Waals surface area contributed by atoms with Crippen LogP contribution in [-0.2, 0) is 0 Å². The topological polar surface area (TPSA) is 35.8 Å². The van der Waals surface area contributed by atoms with Gasteiger partial charge in [-0.15, -0.1) is 0 Å². The Morgan fingerprint density at radius 1 is 1.39 bits per heavy atom. The van der Waals surface area contributed by atoms with Crippen molar-refractivity contribution in [2.45, 2.75) is 39.7 Å². The van der Waals surface area contributed by atoms with E-state index >= 15 is 0 Å². The van der Waals surface area contributed by atoms with Crippen molar-refractivity contribution in [3.63, 3.8) is 0 Å². The summed E-state index contributed by atoms with van der Waals surface area (Å²) in [5.74, 6) is 0. The van der Waals surface area contributed by atoms with Crippen molar-refractivity contribution in [2.75, 3.05) is 6.54 Å². The number of hydrogen-bond acceptors (Lipinski definition) is 2. The van der Waals surface area contributed by atoms with Gasteiger partial charge in [0.15, 0.2) is 0 Å². The third-order valence-electron chi connectivity index (χ3n) is 3.17. The summed E-state index contributed by atoms with van der Waals surface area (Å²) in [5, 5.41) is 12.9. The van der Waals surface area contributed by atoms with E-state index < -0.39 is 0 Å². The second-order valence-corrected chi connectivity index (χ2v) is 5.85. The second-order valence-electron chi connectivity index (χ2n) is 5.45. The summed E-state index contributed by atoms with van der Waals surface area (Å²) in [4.78, 5) is 0. The van der Waals surface area contributed by atoms with Crippen LogP contribution in [0, 0.1) is 16.7 Å². The molecule has 3 heteroatoms. The molecule has 0 unspecified atom stereocenters. The first kappa shape index (κ1) is 15.0. The Kier molecular flexibility index (Phi) is 5.65. The highest BCUT2D eigenvalue weighted by molar-refractivity contribution is 6.31. The third kappa shape index (κ3) is 4.68. The minimum atomic E-state index is 0.130. The van der Waals surface area contributed by atoms with Crippen LogP contribution in [0.4, 0.5) is 0 Å². The lowest BCUT2D eigenvalue weighted by Crippen LogP contribution is -2.31. The van der Waals surface area contributed by atoms with E-state index in [4.69, 9.17) is 16.9 Å². The highest BCUT2D eigenvalue weighted by Crippen LogP contribution is 2.25. The lowest BCUT2D eigenvalue weighted by Gasteiger charge is -2.26. The summed E-state index contributed by atoms with van der Waals surface area (Å²) in [6.07, 6.45) is 1.51. The zero-order valence-corrected chi connectivity index (χ0v) is 12.1. The van der Waals surface area contributed by atoms with Crippen LogP contribution >= 0.6 is 11.6 Å². The number of rotatable bonds is 6.